The van der Waals surface area contributed by atoms with Crippen molar-refractivity contribution in [3.8, 4) is 0 Å². The average molecular weight is 657 g/mol. The molecule has 0 spiro atoms. The third-order valence-corrected chi connectivity index (χ3v) is 9.89. The second kappa shape index (κ2) is 14.2. The van der Waals surface area contributed by atoms with Gasteiger partial charge in [0.2, 0.25) is 29.5 Å². The second-order valence-electron chi connectivity index (χ2n) is 13.2. The Morgan fingerprint density at radius 3 is 2.43 bits per heavy atom. The number of nitrogens with zero attached hydrogens (tertiary/aromatic N) is 3. The number of anilines is 1. The lowest BCUT2D eigenvalue weighted by molar-refractivity contribution is -0.154. The summed E-state index contributed by atoms with van der Waals surface area (Å²) in [6, 6.07) is 5.38. The van der Waals surface area contributed by atoms with Crippen LogP contribution in [0.4, 0.5) is 5.69 Å². The first-order valence-corrected chi connectivity index (χ1v) is 16.4. The number of fused-ring (bicyclic) bond motifs is 6. The van der Waals surface area contributed by atoms with Gasteiger partial charge in [-0.1, -0.05) is 12.1 Å². The maximum absolute atomic E-state index is 14.2. The lowest BCUT2D eigenvalue weighted by Crippen LogP contribution is -2.64. The van der Waals surface area contributed by atoms with Crippen LogP contribution in [-0.2, 0) is 40.0 Å². The molecule has 15 nitrogen and oxygen atoms in total. The smallest absolute Gasteiger partial charge is 0.244 e. The van der Waals surface area contributed by atoms with Gasteiger partial charge in [-0.15, -0.1) is 0 Å². The van der Waals surface area contributed by atoms with Crippen LogP contribution in [0.5, 0.6) is 0 Å². The molecule has 5 aliphatic rings. The van der Waals surface area contributed by atoms with Gasteiger partial charge in [0.25, 0.3) is 0 Å². The highest BCUT2D eigenvalue weighted by Gasteiger charge is 2.47. The first-order valence-electron chi connectivity index (χ1n) is 16.4. The Balaban J connectivity index is 1.26. The van der Waals surface area contributed by atoms with Gasteiger partial charge in [0.15, 0.2) is 0 Å². The number of nitrogens with one attached hydrogen (secondary N) is 3. The molecule has 5 N–H and O–H groups in total. The molecule has 6 bridgehead atoms. The number of piperazine rings is 1. The van der Waals surface area contributed by atoms with Crippen LogP contribution in [0.3, 0.4) is 0 Å². The molecule has 6 rings (SSSR count). The van der Waals surface area contributed by atoms with Crippen molar-refractivity contribution in [3.63, 3.8) is 0 Å². The van der Waals surface area contributed by atoms with Crippen molar-refractivity contribution in [1.29, 1.82) is 0 Å². The summed E-state index contributed by atoms with van der Waals surface area (Å²) >= 11 is 0. The van der Waals surface area contributed by atoms with Crippen molar-refractivity contribution in [3.05, 3.63) is 29.8 Å². The summed E-state index contributed by atoms with van der Waals surface area (Å²) in [7, 11) is 0. The summed E-state index contributed by atoms with van der Waals surface area (Å²) in [5.41, 5.74) is 1.56. The molecule has 0 saturated carbocycles. The van der Waals surface area contributed by atoms with E-state index in [0.29, 0.717) is 51.3 Å². The zero-order valence-electron chi connectivity index (χ0n) is 26.5. The zero-order valence-corrected chi connectivity index (χ0v) is 26.5. The molecule has 7 atom stereocenters. The lowest BCUT2D eigenvalue weighted by atomic mass is 9.96. The lowest BCUT2D eigenvalue weighted by Gasteiger charge is -2.43. The second-order valence-corrected chi connectivity index (χ2v) is 13.2. The van der Waals surface area contributed by atoms with Crippen molar-refractivity contribution in [2.45, 2.75) is 81.7 Å². The minimum Gasteiger partial charge on any atom is -0.388 e. The number of likely N-dealkylation sites (tertiary alicyclic amines) is 1. The predicted octanol–water partition coefficient (Wildman–Crippen LogP) is -1.82. The van der Waals surface area contributed by atoms with Gasteiger partial charge in [-0.3, -0.25) is 28.9 Å². The highest BCUT2D eigenvalue weighted by atomic mass is 16.5. The third kappa shape index (κ3) is 7.44. The van der Waals surface area contributed by atoms with Gasteiger partial charge in [-0.2, -0.15) is 0 Å². The summed E-state index contributed by atoms with van der Waals surface area (Å²) in [6.07, 6.45) is -3.34. The highest BCUT2D eigenvalue weighted by Crippen LogP contribution is 2.28. The number of aliphatic hydroxyl groups excluding tert-OH is 2. The van der Waals surface area contributed by atoms with Crippen LogP contribution < -0.4 is 16.0 Å². The Morgan fingerprint density at radius 2 is 1.70 bits per heavy atom. The predicted molar refractivity (Wildman–Crippen MR) is 165 cm³/mol. The van der Waals surface area contributed by atoms with E-state index < -0.39 is 42.4 Å². The maximum atomic E-state index is 14.2. The Morgan fingerprint density at radius 1 is 0.979 bits per heavy atom. The SMILES string of the molecule is CC(=O)Nc1ccc(CN2C[C@@H]3C[C@H]2C(=O)N2CCN(C(=O)C4CCOCC4)[C@@H](C2)C(=O)NC[C@H]2O[C@@H](CC(=O)N3)[C@H](O)[C@@H]2O)cc1. The van der Waals surface area contributed by atoms with Gasteiger partial charge in [-0.25, -0.2) is 0 Å². The topological polar surface area (TPSA) is 190 Å². The number of aliphatic hydroxyl groups is 2. The van der Waals surface area contributed by atoms with Gasteiger partial charge < -0.3 is 45.4 Å². The molecule has 5 heterocycles. The molecular weight excluding hydrogens is 612 g/mol. The van der Waals surface area contributed by atoms with Crippen LogP contribution in [0.15, 0.2) is 24.3 Å². The molecule has 0 unspecified atom stereocenters. The average Bonchev–Trinajstić information content (AvgIpc) is 3.57. The Kier molecular flexibility index (Phi) is 10.1. The third-order valence-electron chi connectivity index (χ3n) is 9.89. The van der Waals surface area contributed by atoms with Gasteiger partial charge >= 0.3 is 0 Å². The van der Waals surface area contributed by atoms with Crippen LogP contribution >= 0.6 is 0 Å². The van der Waals surface area contributed by atoms with Crippen LogP contribution in [0, 0.1) is 5.92 Å². The van der Waals surface area contributed by atoms with E-state index in [2.05, 4.69) is 16.0 Å². The largest absolute Gasteiger partial charge is 0.388 e. The minimum absolute atomic E-state index is 0.00820. The number of ether oxygens (including phenoxy) is 2. The highest BCUT2D eigenvalue weighted by molar-refractivity contribution is 5.91. The fourth-order valence-corrected chi connectivity index (χ4v) is 7.38. The van der Waals surface area contributed by atoms with E-state index in [1.54, 1.807) is 21.9 Å². The van der Waals surface area contributed by atoms with Crippen molar-refractivity contribution >= 4 is 35.2 Å². The summed E-state index contributed by atoms with van der Waals surface area (Å²) in [5.74, 6) is -1.65. The summed E-state index contributed by atoms with van der Waals surface area (Å²) in [5, 5.41) is 29.8. The molecule has 0 aromatic heterocycles. The van der Waals surface area contributed by atoms with Crippen molar-refractivity contribution < 1.29 is 43.7 Å². The molecule has 256 valence electrons. The van der Waals surface area contributed by atoms with E-state index in [1.807, 2.05) is 17.0 Å². The monoisotopic (exact) mass is 656 g/mol. The first kappa shape index (κ1) is 33.3. The fraction of sp³-hybridized carbons (Fsp3) is 0.656. The van der Waals surface area contributed by atoms with Gasteiger partial charge in [0.05, 0.1) is 25.1 Å². The van der Waals surface area contributed by atoms with E-state index in [4.69, 9.17) is 9.47 Å². The van der Waals surface area contributed by atoms with E-state index in [1.165, 1.54) is 6.92 Å². The van der Waals surface area contributed by atoms with Gasteiger partial charge in [-0.05, 0) is 37.0 Å². The quantitative estimate of drug-likeness (QED) is 0.247. The summed E-state index contributed by atoms with van der Waals surface area (Å²) in [4.78, 5) is 71.4. The normalized spacial score (nSPS) is 32.6. The molecule has 15 heteroatoms. The molecule has 1 aromatic rings. The molecule has 5 fully saturated rings. The molecule has 5 saturated heterocycles. The number of rotatable bonds is 4. The summed E-state index contributed by atoms with van der Waals surface area (Å²) < 4.78 is 11.3. The number of carbonyl (C=O) groups excluding carboxylic acids is 5. The molecule has 5 amide bonds. The molecule has 1 aromatic carbocycles. The summed E-state index contributed by atoms with van der Waals surface area (Å²) in [6.45, 7) is 3.43. The minimum atomic E-state index is -1.33. The van der Waals surface area contributed by atoms with E-state index >= 15 is 0 Å². The van der Waals surface area contributed by atoms with Crippen molar-refractivity contribution in [2.24, 2.45) is 5.92 Å². The molecule has 47 heavy (non-hydrogen) atoms. The standard InChI is InChI=1S/C32H44N6O9/c1-18(39)34-21-4-2-19(3-5-21)15-37-16-22-12-23(37)32(45)36-8-9-38(31(44)20-6-10-46-11-7-20)24(17-36)30(43)33-14-26-29(42)28(41)25(47-26)13-27(40)35-22/h2-5,20,22-26,28-29,41-42H,6-17H2,1H3,(H,33,43)(H,34,39)(H,35,40)/t22-,23-,24-,25-,26+,28-,29+/m0/s1. The van der Waals surface area contributed by atoms with Crippen LogP contribution in [-0.4, -0.2) is 143 Å². The number of hydrogen-bond donors (Lipinski definition) is 5. The fourth-order valence-electron chi connectivity index (χ4n) is 7.38. The Labute approximate surface area is 272 Å². The number of carbonyl (C=O) groups is 5. The van der Waals surface area contributed by atoms with Gasteiger partial charge in [0.1, 0.15) is 24.4 Å². The van der Waals surface area contributed by atoms with Crippen molar-refractivity contribution in [2.75, 3.05) is 51.3 Å². The van der Waals surface area contributed by atoms with Crippen LogP contribution in [0.1, 0.15) is 38.2 Å². The van der Waals surface area contributed by atoms with E-state index in [9.17, 15) is 34.2 Å². The molecule has 5 aliphatic heterocycles. The number of benzene rings is 1. The maximum Gasteiger partial charge on any atom is 0.244 e. The first-order chi connectivity index (χ1) is 22.6. The van der Waals surface area contributed by atoms with E-state index in [-0.39, 0.29) is 68.2 Å². The number of amides is 5. The van der Waals surface area contributed by atoms with E-state index in [0.717, 1.165) is 5.56 Å². The zero-order chi connectivity index (χ0) is 33.2. The molecule has 0 radical (unpaired) electrons. The number of hydrogen-bond acceptors (Lipinski definition) is 10. The Bertz CT molecular complexity index is 1350. The Hall–Kier alpha value is -3.63. The van der Waals surface area contributed by atoms with Crippen LogP contribution in [0.25, 0.3) is 0 Å². The molecule has 0 aliphatic carbocycles. The molecular formula is C32H44N6O9. The van der Waals surface area contributed by atoms with Crippen LogP contribution in [0.2, 0.25) is 0 Å². The van der Waals surface area contributed by atoms with Gasteiger partial charge in [0, 0.05) is 70.5 Å². The van der Waals surface area contributed by atoms with Crippen molar-refractivity contribution in [1.82, 2.24) is 25.3 Å².